The summed E-state index contributed by atoms with van der Waals surface area (Å²) in [5.74, 6) is -0.102. The molecule has 1 aliphatic rings. The number of nitrogens with one attached hydrogen (secondary N) is 1. The standard InChI is InChI=1S/C20H19ClN6O3/c1-10-18(30-19(24-10)11(2)28)20(29)26-7-6-13-16(23-9-22-13)17(26)14-8-12-4-3-5-15(21)27(12)25-14/h3-5,8-9,11,17,28H,6-7H2,1-2H3,(H,22,23)/t11?,17-/m0/s1. The highest BCUT2D eigenvalue weighted by Gasteiger charge is 2.38. The zero-order valence-corrected chi connectivity index (χ0v) is 17.1. The van der Waals surface area contributed by atoms with Crippen molar-refractivity contribution < 1.29 is 14.3 Å². The number of aromatic amines is 1. The van der Waals surface area contributed by atoms with Gasteiger partial charge in [0.05, 0.1) is 28.9 Å². The Labute approximate surface area is 176 Å². The molecule has 5 heterocycles. The van der Waals surface area contributed by atoms with Crippen molar-refractivity contribution in [3.63, 3.8) is 0 Å². The van der Waals surface area contributed by atoms with E-state index in [-0.39, 0.29) is 17.6 Å². The Bertz CT molecular complexity index is 1260. The molecule has 30 heavy (non-hydrogen) atoms. The Kier molecular flexibility index (Phi) is 4.37. The van der Waals surface area contributed by atoms with Gasteiger partial charge in [-0.15, -0.1) is 0 Å². The summed E-state index contributed by atoms with van der Waals surface area (Å²) in [7, 11) is 0. The summed E-state index contributed by atoms with van der Waals surface area (Å²) in [6, 6.07) is 6.89. The van der Waals surface area contributed by atoms with Gasteiger partial charge in [-0.25, -0.2) is 14.5 Å². The average molecular weight is 427 g/mol. The Morgan fingerprint density at radius 1 is 1.43 bits per heavy atom. The van der Waals surface area contributed by atoms with Crippen molar-refractivity contribution in [1.82, 2.24) is 29.5 Å². The van der Waals surface area contributed by atoms with Gasteiger partial charge in [0.2, 0.25) is 11.7 Å². The minimum absolute atomic E-state index is 0.108. The molecule has 0 aliphatic carbocycles. The van der Waals surface area contributed by atoms with E-state index in [1.165, 1.54) is 0 Å². The smallest absolute Gasteiger partial charge is 0.292 e. The molecular formula is C20H19ClN6O3. The lowest BCUT2D eigenvalue weighted by atomic mass is 9.99. The quantitative estimate of drug-likeness (QED) is 0.487. The van der Waals surface area contributed by atoms with Crippen molar-refractivity contribution in [3.05, 3.63) is 70.2 Å². The molecular weight excluding hydrogens is 408 g/mol. The van der Waals surface area contributed by atoms with E-state index >= 15 is 0 Å². The number of carbonyl (C=O) groups excluding carboxylic acids is 1. The molecule has 0 saturated heterocycles. The maximum Gasteiger partial charge on any atom is 0.292 e. The molecule has 0 aromatic carbocycles. The topological polar surface area (TPSA) is 113 Å². The zero-order chi connectivity index (χ0) is 21.0. The lowest BCUT2D eigenvalue weighted by molar-refractivity contribution is 0.0644. The van der Waals surface area contributed by atoms with Crippen LogP contribution in [0, 0.1) is 6.92 Å². The molecule has 1 amide bonds. The molecule has 4 aromatic rings. The molecule has 0 radical (unpaired) electrons. The lowest BCUT2D eigenvalue weighted by Crippen LogP contribution is -2.41. The molecule has 4 aromatic heterocycles. The molecule has 2 N–H and O–H groups in total. The summed E-state index contributed by atoms with van der Waals surface area (Å²) in [4.78, 5) is 27.0. The minimum atomic E-state index is -0.902. The van der Waals surface area contributed by atoms with Gasteiger partial charge >= 0.3 is 0 Å². The number of pyridine rings is 1. The fraction of sp³-hybridized carbons (Fsp3) is 0.300. The number of aliphatic hydroxyl groups is 1. The molecule has 1 aliphatic heterocycles. The van der Waals surface area contributed by atoms with Crippen molar-refractivity contribution in [1.29, 1.82) is 0 Å². The first-order chi connectivity index (χ1) is 14.4. The lowest BCUT2D eigenvalue weighted by Gasteiger charge is -2.33. The molecule has 2 atom stereocenters. The van der Waals surface area contributed by atoms with Gasteiger partial charge in [-0.2, -0.15) is 5.10 Å². The van der Waals surface area contributed by atoms with Crippen LogP contribution in [0.5, 0.6) is 0 Å². The number of aliphatic hydroxyl groups excluding tert-OH is 1. The third-order valence-electron chi connectivity index (χ3n) is 5.29. The number of hydrogen-bond acceptors (Lipinski definition) is 6. The van der Waals surface area contributed by atoms with Crippen LogP contribution in [0.2, 0.25) is 5.15 Å². The van der Waals surface area contributed by atoms with E-state index in [0.29, 0.717) is 29.5 Å². The van der Waals surface area contributed by atoms with Crippen LogP contribution >= 0.6 is 11.6 Å². The highest BCUT2D eigenvalue weighted by Crippen LogP contribution is 2.35. The second kappa shape index (κ2) is 6.96. The van der Waals surface area contributed by atoms with E-state index in [4.69, 9.17) is 16.0 Å². The maximum atomic E-state index is 13.5. The maximum absolute atomic E-state index is 13.5. The molecule has 0 spiro atoms. The summed E-state index contributed by atoms with van der Waals surface area (Å²) in [5, 5.41) is 14.9. The fourth-order valence-electron chi connectivity index (χ4n) is 3.85. The number of imidazole rings is 1. The van der Waals surface area contributed by atoms with Crippen molar-refractivity contribution in [3.8, 4) is 0 Å². The highest BCUT2D eigenvalue weighted by atomic mass is 35.5. The van der Waals surface area contributed by atoms with Crippen LogP contribution in [0.4, 0.5) is 0 Å². The summed E-state index contributed by atoms with van der Waals surface area (Å²) in [6.07, 6.45) is 1.35. The molecule has 10 heteroatoms. The number of nitrogens with zero attached hydrogens (tertiary/aromatic N) is 5. The molecule has 0 fully saturated rings. The van der Waals surface area contributed by atoms with Crippen molar-refractivity contribution in [2.24, 2.45) is 0 Å². The Morgan fingerprint density at radius 2 is 2.27 bits per heavy atom. The van der Waals surface area contributed by atoms with Gasteiger partial charge < -0.3 is 19.4 Å². The summed E-state index contributed by atoms with van der Waals surface area (Å²) in [6.45, 7) is 3.68. The van der Waals surface area contributed by atoms with Gasteiger partial charge in [0.1, 0.15) is 17.3 Å². The largest absolute Gasteiger partial charge is 0.432 e. The Morgan fingerprint density at radius 3 is 3.00 bits per heavy atom. The number of aryl methyl sites for hydroxylation is 1. The number of oxazole rings is 1. The van der Waals surface area contributed by atoms with E-state index in [1.54, 1.807) is 35.7 Å². The van der Waals surface area contributed by atoms with Gasteiger partial charge in [0.25, 0.3) is 5.91 Å². The van der Waals surface area contributed by atoms with Gasteiger partial charge in [-0.05, 0) is 32.0 Å². The molecule has 154 valence electrons. The summed E-state index contributed by atoms with van der Waals surface area (Å²) < 4.78 is 7.23. The molecule has 0 saturated carbocycles. The predicted octanol–water partition coefficient (Wildman–Crippen LogP) is 2.85. The molecule has 5 rings (SSSR count). The number of aromatic nitrogens is 5. The van der Waals surface area contributed by atoms with E-state index in [1.807, 2.05) is 18.2 Å². The van der Waals surface area contributed by atoms with Crippen LogP contribution < -0.4 is 0 Å². The average Bonchev–Trinajstić information content (AvgIpc) is 3.44. The van der Waals surface area contributed by atoms with Gasteiger partial charge in [0.15, 0.2) is 0 Å². The van der Waals surface area contributed by atoms with E-state index in [2.05, 4.69) is 20.1 Å². The zero-order valence-electron chi connectivity index (χ0n) is 16.3. The van der Waals surface area contributed by atoms with Gasteiger partial charge in [-0.3, -0.25) is 4.79 Å². The van der Waals surface area contributed by atoms with Crippen molar-refractivity contribution in [2.75, 3.05) is 6.54 Å². The van der Waals surface area contributed by atoms with E-state index in [9.17, 15) is 9.90 Å². The Hall–Kier alpha value is -3.17. The fourth-order valence-corrected chi connectivity index (χ4v) is 4.06. The van der Waals surface area contributed by atoms with Gasteiger partial charge in [-0.1, -0.05) is 17.7 Å². The van der Waals surface area contributed by atoms with E-state index in [0.717, 1.165) is 16.9 Å². The van der Waals surface area contributed by atoms with Crippen LogP contribution in [0.1, 0.15) is 58.3 Å². The Balaban J connectivity index is 1.62. The monoisotopic (exact) mass is 426 g/mol. The number of amides is 1. The number of fused-ring (bicyclic) bond motifs is 2. The van der Waals surface area contributed by atoms with Crippen LogP contribution in [-0.4, -0.2) is 47.0 Å². The normalized spacial score (nSPS) is 17.3. The van der Waals surface area contributed by atoms with Crippen LogP contribution in [0.3, 0.4) is 0 Å². The van der Waals surface area contributed by atoms with Crippen LogP contribution in [0.25, 0.3) is 5.52 Å². The first-order valence-corrected chi connectivity index (χ1v) is 9.94. The number of rotatable bonds is 3. The SMILES string of the molecule is Cc1nc(C(C)O)oc1C(=O)N1CCc2[nH]cnc2[C@@H]1c1cc2cccc(Cl)n2n1. The van der Waals surface area contributed by atoms with Crippen LogP contribution in [-0.2, 0) is 6.42 Å². The van der Waals surface area contributed by atoms with Gasteiger partial charge in [0, 0.05) is 18.7 Å². The first kappa shape index (κ1) is 18.8. The van der Waals surface area contributed by atoms with E-state index < -0.39 is 12.1 Å². The number of halogens is 1. The third-order valence-corrected chi connectivity index (χ3v) is 5.58. The number of carbonyl (C=O) groups is 1. The number of H-pyrrole nitrogens is 1. The summed E-state index contributed by atoms with van der Waals surface area (Å²) >= 11 is 6.29. The molecule has 0 bridgehead atoms. The number of hydrogen-bond donors (Lipinski definition) is 2. The van der Waals surface area contributed by atoms with Crippen molar-refractivity contribution >= 4 is 23.0 Å². The summed E-state index contributed by atoms with van der Waals surface area (Å²) in [5.41, 5.74) is 3.60. The van der Waals surface area contributed by atoms with Crippen LogP contribution in [0.15, 0.2) is 35.0 Å². The highest BCUT2D eigenvalue weighted by molar-refractivity contribution is 6.29. The molecule has 1 unspecified atom stereocenters. The second-order valence-electron chi connectivity index (χ2n) is 7.31. The molecule has 9 nitrogen and oxygen atoms in total. The predicted molar refractivity (Wildman–Crippen MR) is 107 cm³/mol. The first-order valence-electron chi connectivity index (χ1n) is 9.56. The van der Waals surface area contributed by atoms with Crippen molar-refractivity contribution in [2.45, 2.75) is 32.4 Å². The minimum Gasteiger partial charge on any atom is -0.432 e. The second-order valence-corrected chi connectivity index (χ2v) is 7.70. The third kappa shape index (κ3) is 2.89.